The monoisotopic (exact) mass is 282 g/mol. The third-order valence-corrected chi connectivity index (χ3v) is 2.29. The van der Waals surface area contributed by atoms with E-state index >= 15 is 0 Å². The highest BCUT2D eigenvalue weighted by Gasteiger charge is 2.08. The van der Waals surface area contributed by atoms with Crippen LogP contribution in [0.2, 0.25) is 0 Å². The number of carbonyl (C=O) groups excluding carboxylic acids is 1. The fourth-order valence-corrected chi connectivity index (χ4v) is 1.35. The Bertz CT molecular complexity index is 444. The lowest BCUT2D eigenvalue weighted by atomic mass is 10.1. The number of ether oxygens (including phenoxy) is 1. The normalized spacial score (nSPS) is 9.12. The van der Waals surface area contributed by atoms with E-state index in [0.717, 1.165) is 5.33 Å². The Kier molecular flexibility index (Phi) is 4.87. The van der Waals surface area contributed by atoms with Gasteiger partial charge in [-0.1, -0.05) is 27.8 Å². The molecule has 84 valence electrons. The van der Waals surface area contributed by atoms with Gasteiger partial charge < -0.3 is 9.84 Å². The molecule has 1 aromatic rings. The predicted molar refractivity (Wildman–Crippen MR) is 65.3 cm³/mol. The molecule has 0 unspecified atom stereocenters. The van der Waals surface area contributed by atoms with Crippen molar-refractivity contribution in [1.82, 2.24) is 0 Å². The predicted octanol–water partition coefficient (Wildman–Crippen LogP) is 2.35. The van der Waals surface area contributed by atoms with E-state index in [-0.39, 0.29) is 11.5 Å². The van der Waals surface area contributed by atoms with Crippen molar-refractivity contribution in [2.24, 2.45) is 0 Å². The van der Waals surface area contributed by atoms with E-state index in [9.17, 15) is 9.90 Å². The van der Waals surface area contributed by atoms with Crippen LogP contribution >= 0.6 is 15.9 Å². The number of hydrogen-bond acceptors (Lipinski definition) is 3. The molecule has 16 heavy (non-hydrogen) atoms. The van der Waals surface area contributed by atoms with Gasteiger partial charge in [-0.25, -0.2) is 0 Å². The number of aldehydes is 1. The summed E-state index contributed by atoms with van der Waals surface area (Å²) in [7, 11) is 1.43. The van der Waals surface area contributed by atoms with Crippen LogP contribution in [0.1, 0.15) is 22.3 Å². The van der Waals surface area contributed by atoms with E-state index in [1.54, 1.807) is 0 Å². The number of rotatable bonds is 3. The number of alkyl halides is 1. The molecule has 0 aliphatic heterocycles. The highest BCUT2D eigenvalue weighted by Crippen LogP contribution is 2.30. The van der Waals surface area contributed by atoms with Crippen LogP contribution in [0.5, 0.6) is 11.5 Å². The van der Waals surface area contributed by atoms with Gasteiger partial charge in [-0.2, -0.15) is 0 Å². The fourth-order valence-electron chi connectivity index (χ4n) is 1.15. The highest BCUT2D eigenvalue weighted by atomic mass is 79.9. The molecule has 0 aliphatic rings. The van der Waals surface area contributed by atoms with E-state index in [1.165, 1.54) is 19.2 Å². The minimum Gasteiger partial charge on any atom is -0.503 e. The molecule has 0 fully saturated rings. The molecule has 0 saturated heterocycles. The molecule has 0 radical (unpaired) electrons. The topological polar surface area (TPSA) is 46.5 Å². The highest BCUT2D eigenvalue weighted by molar-refractivity contribution is 9.09. The summed E-state index contributed by atoms with van der Waals surface area (Å²) in [5.74, 6) is 5.89. The van der Waals surface area contributed by atoms with Gasteiger partial charge >= 0.3 is 0 Å². The molecule has 1 N–H and O–H groups in total. The van der Waals surface area contributed by atoms with Crippen LogP contribution in [0.25, 0.3) is 0 Å². The van der Waals surface area contributed by atoms with Crippen molar-refractivity contribution in [2.45, 2.75) is 6.42 Å². The van der Waals surface area contributed by atoms with E-state index in [4.69, 9.17) is 4.74 Å². The summed E-state index contributed by atoms with van der Waals surface area (Å²) in [6, 6.07) is 3.00. The van der Waals surface area contributed by atoms with Gasteiger partial charge in [-0.15, -0.1) is 0 Å². The summed E-state index contributed by atoms with van der Waals surface area (Å²) in [5.41, 5.74) is 0.834. The number of carbonyl (C=O) groups is 1. The quantitative estimate of drug-likeness (QED) is 0.526. The Morgan fingerprint density at radius 1 is 1.56 bits per heavy atom. The molecule has 0 heterocycles. The van der Waals surface area contributed by atoms with Crippen LogP contribution in [0.3, 0.4) is 0 Å². The third kappa shape index (κ3) is 3.01. The van der Waals surface area contributed by atoms with E-state index in [1.807, 2.05) is 0 Å². The number of phenolic OH excluding ortho intramolecular Hbond substituents is 1. The third-order valence-electron chi connectivity index (χ3n) is 1.90. The van der Waals surface area contributed by atoms with Crippen molar-refractivity contribution in [3.63, 3.8) is 0 Å². The average molecular weight is 283 g/mol. The molecule has 0 spiro atoms. The summed E-state index contributed by atoms with van der Waals surface area (Å²) in [4.78, 5) is 10.7. The first kappa shape index (κ1) is 12.6. The Hall–Kier alpha value is -1.47. The van der Waals surface area contributed by atoms with Gasteiger partial charge in [0, 0.05) is 17.3 Å². The molecule has 0 aliphatic carbocycles. The SMILES string of the molecule is COc1cc(C=O)cc(C#CCCBr)c1O. The number of halogens is 1. The molecule has 1 rings (SSSR count). The van der Waals surface area contributed by atoms with E-state index in [0.29, 0.717) is 23.8 Å². The Labute approximate surface area is 103 Å². The Balaban J connectivity index is 3.17. The Morgan fingerprint density at radius 2 is 2.31 bits per heavy atom. The summed E-state index contributed by atoms with van der Waals surface area (Å²) in [6.45, 7) is 0. The minimum atomic E-state index is -0.0322. The lowest BCUT2D eigenvalue weighted by Gasteiger charge is -2.05. The first-order valence-corrected chi connectivity index (χ1v) is 5.76. The van der Waals surface area contributed by atoms with Crippen LogP contribution in [0.4, 0.5) is 0 Å². The summed E-state index contributed by atoms with van der Waals surface area (Å²) in [6.07, 6.45) is 1.37. The first-order chi connectivity index (χ1) is 7.72. The summed E-state index contributed by atoms with van der Waals surface area (Å²) < 4.78 is 4.95. The maximum Gasteiger partial charge on any atom is 0.173 e. The zero-order chi connectivity index (χ0) is 12.0. The zero-order valence-corrected chi connectivity index (χ0v) is 10.4. The zero-order valence-electron chi connectivity index (χ0n) is 8.79. The molecule has 4 heteroatoms. The Morgan fingerprint density at radius 3 is 2.88 bits per heavy atom. The van der Waals surface area contributed by atoms with Crippen molar-refractivity contribution < 1.29 is 14.6 Å². The van der Waals surface area contributed by atoms with Gasteiger partial charge in [-0.05, 0) is 12.1 Å². The van der Waals surface area contributed by atoms with Crippen molar-refractivity contribution in [3.8, 4) is 23.3 Å². The lowest BCUT2D eigenvalue weighted by molar-refractivity contribution is 0.112. The number of aromatic hydroxyl groups is 1. The minimum absolute atomic E-state index is 0.0322. The maximum absolute atomic E-state index is 10.7. The van der Waals surface area contributed by atoms with Gasteiger partial charge in [0.15, 0.2) is 11.5 Å². The first-order valence-electron chi connectivity index (χ1n) is 4.64. The van der Waals surface area contributed by atoms with Gasteiger partial charge in [-0.3, -0.25) is 4.79 Å². The number of methoxy groups -OCH3 is 1. The second-order valence-electron chi connectivity index (χ2n) is 2.98. The lowest BCUT2D eigenvalue weighted by Crippen LogP contribution is -1.90. The average Bonchev–Trinajstić information content (AvgIpc) is 2.31. The van der Waals surface area contributed by atoms with Crippen LogP contribution < -0.4 is 4.74 Å². The molecule has 3 nitrogen and oxygen atoms in total. The fraction of sp³-hybridized carbons (Fsp3) is 0.250. The van der Waals surface area contributed by atoms with Gasteiger partial charge in [0.05, 0.1) is 12.7 Å². The number of phenols is 1. The molecular weight excluding hydrogens is 272 g/mol. The number of hydrogen-bond donors (Lipinski definition) is 1. The van der Waals surface area contributed by atoms with Gasteiger partial charge in [0.25, 0.3) is 0 Å². The van der Waals surface area contributed by atoms with Crippen molar-refractivity contribution in [2.75, 3.05) is 12.4 Å². The van der Waals surface area contributed by atoms with E-state index in [2.05, 4.69) is 27.8 Å². The van der Waals surface area contributed by atoms with Crippen molar-refractivity contribution in [1.29, 1.82) is 0 Å². The molecule has 1 aromatic carbocycles. The molecule has 0 bridgehead atoms. The molecule has 0 saturated carbocycles. The summed E-state index contributed by atoms with van der Waals surface area (Å²) >= 11 is 3.25. The van der Waals surface area contributed by atoms with E-state index < -0.39 is 0 Å². The molecular formula is C12H11BrO3. The largest absolute Gasteiger partial charge is 0.503 e. The molecule has 0 amide bonds. The maximum atomic E-state index is 10.7. The van der Waals surface area contributed by atoms with Gasteiger partial charge in [0.2, 0.25) is 0 Å². The van der Waals surface area contributed by atoms with Crippen LogP contribution in [0, 0.1) is 11.8 Å². The smallest absolute Gasteiger partial charge is 0.173 e. The van der Waals surface area contributed by atoms with Crippen LogP contribution in [-0.2, 0) is 0 Å². The van der Waals surface area contributed by atoms with Crippen LogP contribution in [0.15, 0.2) is 12.1 Å². The van der Waals surface area contributed by atoms with Crippen LogP contribution in [-0.4, -0.2) is 23.8 Å². The number of benzene rings is 1. The standard InChI is InChI=1S/C12H11BrO3/c1-16-11-7-9(8-14)6-10(12(11)15)4-2-3-5-13/h6-8,15H,3,5H2,1H3. The summed E-state index contributed by atoms with van der Waals surface area (Å²) in [5, 5.41) is 10.5. The van der Waals surface area contributed by atoms with Crippen molar-refractivity contribution >= 4 is 22.2 Å². The van der Waals surface area contributed by atoms with Crippen molar-refractivity contribution in [3.05, 3.63) is 23.3 Å². The molecule has 0 atom stereocenters. The molecule has 0 aromatic heterocycles. The second kappa shape index (κ2) is 6.19. The second-order valence-corrected chi connectivity index (χ2v) is 3.77. The van der Waals surface area contributed by atoms with Gasteiger partial charge in [0.1, 0.15) is 6.29 Å².